The lowest BCUT2D eigenvalue weighted by molar-refractivity contribution is 0.411. The van der Waals surface area contributed by atoms with Gasteiger partial charge in [0.05, 0.1) is 7.11 Å². The Labute approximate surface area is 115 Å². The van der Waals surface area contributed by atoms with Crippen LogP contribution >= 0.6 is 0 Å². The van der Waals surface area contributed by atoms with E-state index in [1.165, 1.54) is 16.7 Å². The second kappa shape index (κ2) is 5.89. The Balaban J connectivity index is 2.47. The first-order valence-corrected chi connectivity index (χ1v) is 6.57. The Bertz CT molecular complexity index is 549. The normalized spacial score (nSPS) is 12.2. The number of methoxy groups -OCH3 is 1. The molecular formula is C17H21NO. The second-order valence-corrected chi connectivity index (χ2v) is 4.88. The molecule has 1 atom stereocenters. The van der Waals surface area contributed by atoms with Crippen LogP contribution in [-0.2, 0) is 0 Å². The number of rotatable bonds is 4. The van der Waals surface area contributed by atoms with Gasteiger partial charge in [-0.3, -0.25) is 0 Å². The van der Waals surface area contributed by atoms with Gasteiger partial charge in [-0.05, 0) is 42.2 Å². The highest BCUT2D eigenvalue weighted by molar-refractivity contribution is 5.46. The standard InChI is InChI=1S/C17H21NO/c1-12-10-17(19-3)13(2)9-15(12)16(11-18)14-7-5-4-6-8-14/h4-10,16H,11,18H2,1-3H3. The summed E-state index contributed by atoms with van der Waals surface area (Å²) in [7, 11) is 1.71. The number of hydrogen-bond donors (Lipinski definition) is 1. The minimum Gasteiger partial charge on any atom is -0.496 e. The fourth-order valence-electron chi connectivity index (χ4n) is 2.54. The summed E-state index contributed by atoms with van der Waals surface area (Å²) < 4.78 is 5.37. The van der Waals surface area contributed by atoms with Gasteiger partial charge in [-0.15, -0.1) is 0 Å². The van der Waals surface area contributed by atoms with Gasteiger partial charge in [-0.1, -0.05) is 36.4 Å². The third kappa shape index (κ3) is 2.79. The molecular weight excluding hydrogens is 234 g/mol. The Morgan fingerprint density at radius 2 is 1.74 bits per heavy atom. The molecule has 0 amide bonds. The summed E-state index contributed by atoms with van der Waals surface area (Å²) in [5.74, 6) is 1.18. The number of nitrogens with two attached hydrogens (primary N) is 1. The molecule has 0 fully saturated rings. The van der Waals surface area contributed by atoms with E-state index in [0.717, 1.165) is 11.3 Å². The van der Waals surface area contributed by atoms with Gasteiger partial charge in [-0.2, -0.15) is 0 Å². The lowest BCUT2D eigenvalue weighted by Gasteiger charge is -2.20. The van der Waals surface area contributed by atoms with Crippen LogP contribution in [0.25, 0.3) is 0 Å². The molecule has 0 saturated carbocycles. The molecule has 2 aromatic rings. The zero-order valence-electron chi connectivity index (χ0n) is 11.8. The largest absolute Gasteiger partial charge is 0.496 e. The van der Waals surface area contributed by atoms with E-state index in [-0.39, 0.29) is 5.92 Å². The van der Waals surface area contributed by atoms with Gasteiger partial charge in [0.15, 0.2) is 0 Å². The average Bonchev–Trinajstić information content (AvgIpc) is 2.44. The summed E-state index contributed by atoms with van der Waals surface area (Å²) in [6.45, 7) is 4.79. The predicted molar refractivity (Wildman–Crippen MR) is 79.8 cm³/mol. The minimum absolute atomic E-state index is 0.241. The molecule has 0 saturated heterocycles. The van der Waals surface area contributed by atoms with Crippen molar-refractivity contribution in [2.24, 2.45) is 5.73 Å². The Kier molecular flexibility index (Phi) is 4.23. The van der Waals surface area contributed by atoms with Gasteiger partial charge in [-0.25, -0.2) is 0 Å². The van der Waals surface area contributed by atoms with Crippen LogP contribution in [0, 0.1) is 13.8 Å². The molecule has 1 unspecified atom stereocenters. The molecule has 19 heavy (non-hydrogen) atoms. The van der Waals surface area contributed by atoms with Crippen LogP contribution in [-0.4, -0.2) is 13.7 Å². The van der Waals surface area contributed by atoms with E-state index >= 15 is 0 Å². The molecule has 2 aromatic carbocycles. The average molecular weight is 255 g/mol. The molecule has 0 aliphatic carbocycles. The van der Waals surface area contributed by atoms with E-state index in [4.69, 9.17) is 10.5 Å². The van der Waals surface area contributed by atoms with Crippen molar-refractivity contribution in [1.29, 1.82) is 0 Å². The van der Waals surface area contributed by atoms with E-state index in [2.05, 4.69) is 50.2 Å². The lowest BCUT2D eigenvalue weighted by atomic mass is 9.87. The fourth-order valence-corrected chi connectivity index (χ4v) is 2.54. The summed E-state index contributed by atoms with van der Waals surface area (Å²) in [6, 6.07) is 14.7. The van der Waals surface area contributed by atoms with E-state index in [1.54, 1.807) is 7.11 Å². The van der Waals surface area contributed by atoms with Crippen LogP contribution in [0.15, 0.2) is 42.5 Å². The monoisotopic (exact) mass is 255 g/mol. The summed E-state index contributed by atoms with van der Waals surface area (Å²) in [4.78, 5) is 0. The highest BCUT2D eigenvalue weighted by Crippen LogP contribution is 2.31. The van der Waals surface area contributed by atoms with Gasteiger partial charge in [0.2, 0.25) is 0 Å². The second-order valence-electron chi connectivity index (χ2n) is 4.88. The number of aryl methyl sites for hydroxylation is 2. The van der Waals surface area contributed by atoms with E-state index in [9.17, 15) is 0 Å². The molecule has 2 heteroatoms. The molecule has 100 valence electrons. The molecule has 0 aromatic heterocycles. The van der Waals surface area contributed by atoms with Crippen molar-refractivity contribution in [3.05, 3.63) is 64.7 Å². The zero-order chi connectivity index (χ0) is 13.8. The van der Waals surface area contributed by atoms with Crippen LogP contribution in [0.4, 0.5) is 0 Å². The minimum atomic E-state index is 0.241. The van der Waals surface area contributed by atoms with Gasteiger partial charge in [0.25, 0.3) is 0 Å². The summed E-state index contributed by atoms with van der Waals surface area (Å²) >= 11 is 0. The van der Waals surface area contributed by atoms with Crippen LogP contribution < -0.4 is 10.5 Å². The van der Waals surface area contributed by atoms with E-state index in [0.29, 0.717) is 6.54 Å². The Morgan fingerprint density at radius 1 is 1.05 bits per heavy atom. The van der Waals surface area contributed by atoms with Crippen LogP contribution in [0.3, 0.4) is 0 Å². The fraction of sp³-hybridized carbons (Fsp3) is 0.294. The van der Waals surface area contributed by atoms with E-state index < -0.39 is 0 Å². The molecule has 0 bridgehead atoms. The maximum atomic E-state index is 6.00. The molecule has 0 aliphatic heterocycles. The highest BCUT2D eigenvalue weighted by Gasteiger charge is 2.16. The van der Waals surface area contributed by atoms with Crippen molar-refractivity contribution in [1.82, 2.24) is 0 Å². The summed E-state index contributed by atoms with van der Waals surface area (Å²) in [6.07, 6.45) is 0. The number of hydrogen-bond acceptors (Lipinski definition) is 2. The van der Waals surface area contributed by atoms with Gasteiger partial charge in [0.1, 0.15) is 5.75 Å². The topological polar surface area (TPSA) is 35.2 Å². The summed E-state index contributed by atoms with van der Waals surface area (Å²) in [5, 5.41) is 0. The van der Waals surface area contributed by atoms with Crippen molar-refractivity contribution >= 4 is 0 Å². The molecule has 2 rings (SSSR count). The molecule has 0 heterocycles. The number of ether oxygens (including phenoxy) is 1. The molecule has 2 nitrogen and oxygen atoms in total. The third-order valence-corrected chi connectivity index (χ3v) is 3.60. The Hall–Kier alpha value is -1.80. The summed E-state index contributed by atoms with van der Waals surface area (Å²) in [5.41, 5.74) is 10.9. The van der Waals surface area contributed by atoms with Crippen molar-refractivity contribution in [3.8, 4) is 5.75 Å². The molecule has 0 aliphatic rings. The van der Waals surface area contributed by atoms with E-state index in [1.807, 2.05) is 6.07 Å². The van der Waals surface area contributed by atoms with Gasteiger partial charge in [0, 0.05) is 12.5 Å². The Morgan fingerprint density at radius 3 is 2.32 bits per heavy atom. The molecule has 2 N–H and O–H groups in total. The van der Waals surface area contributed by atoms with Crippen LogP contribution in [0.1, 0.15) is 28.2 Å². The first-order chi connectivity index (χ1) is 9.17. The molecule has 0 spiro atoms. The SMILES string of the molecule is COc1cc(C)c(C(CN)c2ccccc2)cc1C. The molecule has 0 radical (unpaired) electrons. The van der Waals surface area contributed by atoms with Crippen molar-refractivity contribution < 1.29 is 4.74 Å². The van der Waals surface area contributed by atoms with Crippen molar-refractivity contribution in [2.45, 2.75) is 19.8 Å². The maximum Gasteiger partial charge on any atom is 0.122 e. The highest BCUT2D eigenvalue weighted by atomic mass is 16.5. The lowest BCUT2D eigenvalue weighted by Crippen LogP contribution is -2.15. The maximum absolute atomic E-state index is 6.00. The van der Waals surface area contributed by atoms with Gasteiger partial charge >= 0.3 is 0 Å². The quantitative estimate of drug-likeness (QED) is 0.908. The smallest absolute Gasteiger partial charge is 0.122 e. The first kappa shape index (κ1) is 13.6. The van der Waals surface area contributed by atoms with Gasteiger partial charge < -0.3 is 10.5 Å². The van der Waals surface area contributed by atoms with Crippen molar-refractivity contribution in [2.75, 3.05) is 13.7 Å². The predicted octanol–water partition coefficient (Wildman–Crippen LogP) is 3.40. The van der Waals surface area contributed by atoms with Crippen LogP contribution in [0.2, 0.25) is 0 Å². The van der Waals surface area contributed by atoms with Crippen LogP contribution in [0.5, 0.6) is 5.75 Å². The zero-order valence-corrected chi connectivity index (χ0v) is 11.8. The third-order valence-electron chi connectivity index (χ3n) is 3.60. The first-order valence-electron chi connectivity index (χ1n) is 6.57. The number of benzene rings is 2. The van der Waals surface area contributed by atoms with Crippen molar-refractivity contribution in [3.63, 3.8) is 0 Å².